The van der Waals surface area contributed by atoms with E-state index in [0.29, 0.717) is 12.2 Å². The number of halogens is 2. The second-order valence-electron chi connectivity index (χ2n) is 6.16. The van der Waals surface area contributed by atoms with E-state index in [1.807, 2.05) is 0 Å². The van der Waals surface area contributed by atoms with Crippen LogP contribution >= 0.6 is 11.8 Å². The molecule has 2 heterocycles. The quantitative estimate of drug-likeness (QED) is 0.790. The van der Waals surface area contributed by atoms with Crippen LogP contribution in [0.2, 0.25) is 0 Å². The number of hydrogen-bond acceptors (Lipinski definition) is 4. The Morgan fingerprint density at radius 3 is 2.84 bits per heavy atom. The molecule has 1 spiro atoms. The number of carbonyl (C=O) groups is 3. The van der Waals surface area contributed by atoms with E-state index in [-0.39, 0.29) is 5.56 Å². The number of nitrogens with one attached hydrogen (secondary N) is 2. The van der Waals surface area contributed by atoms with Crippen molar-refractivity contribution in [3.05, 3.63) is 35.4 Å². The molecule has 134 valence electrons. The highest BCUT2D eigenvalue weighted by molar-refractivity contribution is 7.99. The Morgan fingerprint density at radius 1 is 1.44 bits per heavy atom. The summed E-state index contributed by atoms with van der Waals surface area (Å²) >= 11 is 1.57. The van der Waals surface area contributed by atoms with Crippen molar-refractivity contribution >= 4 is 29.6 Å². The molecule has 0 radical (unpaired) electrons. The molecule has 1 aromatic rings. The second-order valence-corrected chi connectivity index (χ2v) is 7.27. The number of rotatable bonds is 4. The first-order valence-electron chi connectivity index (χ1n) is 7.78. The second kappa shape index (κ2) is 6.62. The molecule has 2 N–H and O–H groups in total. The van der Waals surface area contributed by atoms with Crippen LogP contribution < -0.4 is 10.6 Å². The van der Waals surface area contributed by atoms with Gasteiger partial charge in [0.25, 0.3) is 5.91 Å². The fraction of sp³-hybridized carbons (Fsp3) is 0.438. The largest absolute Gasteiger partial charge is 0.348 e. The van der Waals surface area contributed by atoms with Crippen LogP contribution in [0.15, 0.2) is 18.2 Å². The van der Waals surface area contributed by atoms with Crippen LogP contribution in [0.1, 0.15) is 24.9 Å². The van der Waals surface area contributed by atoms with Crippen molar-refractivity contribution in [1.82, 2.24) is 15.5 Å². The molecule has 25 heavy (non-hydrogen) atoms. The predicted octanol–water partition coefficient (Wildman–Crippen LogP) is 1.57. The highest BCUT2D eigenvalue weighted by atomic mass is 32.2. The fourth-order valence-electron chi connectivity index (χ4n) is 3.01. The summed E-state index contributed by atoms with van der Waals surface area (Å²) in [6.07, 6.45) is 0.539. The van der Waals surface area contributed by atoms with Crippen molar-refractivity contribution < 1.29 is 23.2 Å². The lowest BCUT2D eigenvalue weighted by Gasteiger charge is -2.20. The van der Waals surface area contributed by atoms with E-state index in [0.717, 1.165) is 22.8 Å². The molecular weight excluding hydrogens is 352 g/mol. The van der Waals surface area contributed by atoms with Crippen LogP contribution in [-0.2, 0) is 9.59 Å². The number of benzene rings is 1. The van der Waals surface area contributed by atoms with Gasteiger partial charge in [-0.1, -0.05) is 6.07 Å². The van der Waals surface area contributed by atoms with E-state index in [2.05, 4.69) is 10.6 Å². The van der Waals surface area contributed by atoms with Gasteiger partial charge in [-0.3, -0.25) is 14.5 Å². The number of urea groups is 1. The van der Waals surface area contributed by atoms with Crippen molar-refractivity contribution in [2.75, 3.05) is 18.1 Å². The van der Waals surface area contributed by atoms with Crippen LogP contribution in [-0.4, -0.2) is 46.3 Å². The number of carbonyl (C=O) groups excluding carboxylic acids is 3. The summed E-state index contributed by atoms with van der Waals surface area (Å²) in [5, 5.41) is 5.19. The Labute approximate surface area is 147 Å². The molecule has 6 nitrogen and oxygen atoms in total. The van der Waals surface area contributed by atoms with Gasteiger partial charge in [0.05, 0.1) is 6.04 Å². The van der Waals surface area contributed by atoms with Gasteiger partial charge < -0.3 is 10.6 Å². The molecule has 1 aromatic carbocycles. The smallest absolute Gasteiger partial charge is 0.325 e. The van der Waals surface area contributed by atoms with Crippen LogP contribution in [0, 0.1) is 11.6 Å². The third kappa shape index (κ3) is 3.33. The molecule has 2 saturated heterocycles. The summed E-state index contributed by atoms with van der Waals surface area (Å²) in [5.74, 6) is -1.22. The molecule has 0 aliphatic carbocycles. The minimum Gasteiger partial charge on any atom is -0.348 e. The highest BCUT2D eigenvalue weighted by Crippen LogP contribution is 2.33. The van der Waals surface area contributed by atoms with Gasteiger partial charge in [-0.15, -0.1) is 0 Å². The first kappa shape index (κ1) is 17.7. The number of amides is 4. The lowest BCUT2D eigenvalue weighted by atomic mass is 9.99. The van der Waals surface area contributed by atoms with Gasteiger partial charge in [-0.25, -0.2) is 13.6 Å². The molecule has 2 unspecified atom stereocenters. The highest BCUT2D eigenvalue weighted by Gasteiger charge is 2.53. The zero-order valence-electron chi connectivity index (χ0n) is 13.5. The Hall–Kier alpha value is -2.16. The summed E-state index contributed by atoms with van der Waals surface area (Å²) in [7, 11) is 0. The maximum atomic E-state index is 13.8. The van der Waals surface area contributed by atoms with Crippen LogP contribution in [0.25, 0.3) is 0 Å². The summed E-state index contributed by atoms with van der Waals surface area (Å²) in [5.41, 5.74) is -0.785. The SMILES string of the molecule is CC(NC(=O)CN1C(=O)NC2(CCSC2)C1=O)c1ccc(F)cc1F. The summed E-state index contributed by atoms with van der Waals surface area (Å²) < 4.78 is 26.7. The van der Waals surface area contributed by atoms with Gasteiger partial charge in [0.1, 0.15) is 23.7 Å². The number of nitrogens with zero attached hydrogens (tertiary/aromatic N) is 1. The van der Waals surface area contributed by atoms with Gasteiger partial charge in [-0.2, -0.15) is 11.8 Å². The van der Waals surface area contributed by atoms with Crippen molar-refractivity contribution in [3.8, 4) is 0 Å². The molecule has 2 aliphatic rings. The van der Waals surface area contributed by atoms with Gasteiger partial charge in [0.15, 0.2) is 0 Å². The topological polar surface area (TPSA) is 78.5 Å². The monoisotopic (exact) mass is 369 g/mol. The third-order valence-corrected chi connectivity index (χ3v) is 5.57. The van der Waals surface area contributed by atoms with E-state index >= 15 is 0 Å². The molecule has 0 aromatic heterocycles. The van der Waals surface area contributed by atoms with Crippen molar-refractivity contribution in [2.45, 2.75) is 24.9 Å². The number of thioether (sulfide) groups is 1. The zero-order valence-corrected chi connectivity index (χ0v) is 14.3. The van der Waals surface area contributed by atoms with Crippen LogP contribution in [0.3, 0.4) is 0 Å². The van der Waals surface area contributed by atoms with Crippen LogP contribution in [0.5, 0.6) is 0 Å². The molecular formula is C16H17F2N3O3S. The van der Waals surface area contributed by atoms with E-state index in [1.165, 1.54) is 13.0 Å². The fourth-order valence-corrected chi connectivity index (χ4v) is 4.34. The number of imide groups is 1. The first-order valence-corrected chi connectivity index (χ1v) is 8.94. The van der Waals surface area contributed by atoms with Crippen LogP contribution in [0.4, 0.5) is 13.6 Å². The molecule has 0 saturated carbocycles. The lowest BCUT2D eigenvalue weighted by molar-refractivity contribution is -0.134. The van der Waals surface area contributed by atoms with Gasteiger partial charge in [0, 0.05) is 17.4 Å². The van der Waals surface area contributed by atoms with E-state index in [9.17, 15) is 23.2 Å². The molecule has 0 bridgehead atoms. The average Bonchev–Trinajstić information content (AvgIpc) is 3.08. The maximum absolute atomic E-state index is 13.8. The molecule has 3 rings (SSSR count). The van der Waals surface area contributed by atoms with E-state index < -0.39 is 47.6 Å². The third-order valence-electron chi connectivity index (χ3n) is 4.38. The van der Waals surface area contributed by atoms with Gasteiger partial charge in [0.2, 0.25) is 5.91 Å². The Morgan fingerprint density at radius 2 is 2.20 bits per heavy atom. The van der Waals surface area contributed by atoms with Gasteiger partial charge >= 0.3 is 6.03 Å². The van der Waals surface area contributed by atoms with Crippen molar-refractivity contribution in [1.29, 1.82) is 0 Å². The van der Waals surface area contributed by atoms with E-state index in [4.69, 9.17) is 0 Å². The van der Waals surface area contributed by atoms with Crippen molar-refractivity contribution in [3.63, 3.8) is 0 Å². The van der Waals surface area contributed by atoms with Gasteiger partial charge in [-0.05, 0) is 25.2 Å². The Bertz CT molecular complexity index is 737. The molecule has 4 amide bonds. The summed E-state index contributed by atoms with van der Waals surface area (Å²) in [4.78, 5) is 37.6. The number of hydrogen-bond donors (Lipinski definition) is 2. The minimum atomic E-state index is -0.906. The molecule has 2 atom stereocenters. The van der Waals surface area contributed by atoms with E-state index in [1.54, 1.807) is 11.8 Å². The predicted molar refractivity (Wildman–Crippen MR) is 87.8 cm³/mol. The average molecular weight is 369 g/mol. The Balaban J connectivity index is 1.64. The summed E-state index contributed by atoms with van der Waals surface area (Å²) in [6, 6.07) is 1.75. The molecule has 9 heteroatoms. The summed E-state index contributed by atoms with van der Waals surface area (Å²) in [6.45, 7) is 1.10. The minimum absolute atomic E-state index is 0.121. The molecule has 2 fully saturated rings. The maximum Gasteiger partial charge on any atom is 0.325 e. The Kier molecular flexibility index (Phi) is 4.68. The van der Waals surface area contributed by atoms with Crippen molar-refractivity contribution in [2.24, 2.45) is 0 Å². The zero-order chi connectivity index (χ0) is 18.2. The lowest BCUT2D eigenvalue weighted by Crippen LogP contribution is -2.47. The first-order chi connectivity index (χ1) is 11.8. The standard InChI is InChI=1S/C16H17F2N3O3S/c1-9(11-3-2-10(17)6-12(11)18)19-13(22)7-21-14(23)16(20-15(21)24)4-5-25-8-16/h2-3,6,9H,4-5,7-8H2,1H3,(H,19,22)(H,20,24). The molecule has 2 aliphatic heterocycles. The normalized spacial score (nSPS) is 23.9.